The van der Waals surface area contributed by atoms with Crippen LogP contribution in [0.1, 0.15) is 47.1 Å². The fourth-order valence-corrected chi connectivity index (χ4v) is 4.59. The molecule has 6 heteroatoms. The molecular formula is C23H18ClFN2O2. The molecule has 1 aliphatic carbocycles. The molecule has 0 radical (unpaired) electrons. The summed E-state index contributed by atoms with van der Waals surface area (Å²) in [5.41, 5.74) is 4.29. The zero-order valence-corrected chi connectivity index (χ0v) is 16.5. The Balaban J connectivity index is 1.63. The SMILES string of the molecule is Cc1noc2c1[C@H](c1ccccc1F)C1=C(C[C@H](c3ccc(Cl)cc3)CC1=O)N2. The Hall–Kier alpha value is -2.92. The fraction of sp³-hybridized carbons (Fsp3) is 0.217. The molecule has 5 rings (SSSR count). The number of aromatic nitrogens is 1. The second-order valence-electron chi connectivity index (χ2n) is 7.56. The molecule has 1 N–H and O–H groups in total. The molecule has 3 aromatic rings. The van der Waals surface area contributed by atoms with Gasteiger partial charge in [0.1, 0.15) is 5.82 Å². The number of nitrogens with zero attached hydrogens (tertiary/aromatic N) is 1. The highest BCUT2D eigenvalue weighted by Crippen LogP contribution is 2.49. The molecule has 0 spiro atoms. The van der Waals surface area contributed by atoms with Gasteiger partial charge >= 0.3 is 0 Å². The zero-order valence-electron chi connectivity index (χ0n) is 15.7. The first-order chi connectivity index (χ1) is 14.0. The van der Waals surface area contributed by atoms with Gasteiger partial charge in [-0.3, -0.25) is 4.79 Å². The lowest BCUT2D eigenvalue weighted by Crippen LogP contribution is -2.30. The summed E-state index contributed by atoms with van der Waals surface area (Å²) in [4.78, 5) is 13.3. The Bertz CT molecular complexity index is 1150. The van der Waals surface area contributed by atoms with Crippen molar-refractivity contribution in [2.24, 2.45) is 0 Å². The quantitative estimate of drug-likeness (QED) is 0.588. The van der Waals surface area contributed by atoms with Gasteiger partial charge in [0.25, 0.3) is 0 Å². The van der Waals surface area contributed by atoms with Gasteiger partial charge in [-0.2, -0.15) is 0 Å². The number of benzene rings is 2. The molecule has 2 heterocycles. The first-order valence-electron chi connectivity index (χ1n) is 9.52. The molecule has 146 valence electrons. The number of rotatable bonds is 2. The largest absolute Gasteiger partial charge is 0.338 e. The van der Waals surface area contributed by atoms with Crippen molar-refractivity contribution in [3.8, 4) is 0 Å². The average molecular weight is 409 g/mol. The number of Topliss-reactive ketones (excluding diaryl/α,β-unsaturated/α-hetero) is 1. The van der Waals surface area contributed by atoms with Crippen molar-refractivity contribution < 1.29 is 13.7 Å². The lowest BCUT2D eigenvalue weighted by Gasteiger charge is -2.34. The highest BCUT2D eigenvalue weighted by atomic mass is 35.5. The van der Waals surface area contributed by atoms with Crippen LogP contribution >= 0.6 is 11.6 Å². The minimum Gasteiger partial charge on any atom is -0.338 e. The normalized spacial score (nSPS) is 20.9. The Morgan fingerprint density at radius 2 is 1.90 bits per heavy atom. The highest BCUT2D eigenvalue weighted by molar-refractivity contribution is 6.30. The van der Waals surface area contributed by atoms with E-state index >= 15 is 0 Å². The van der Waals surface area contributed by atoms with E-state index in [0.29, 0.717) is 40.6 Å². The Labute approximate surface area is 172 Å². The van der Waals surface area contributed by atoms with E-state index in [1.807, 2.05) is 31.2 Å². The van der Waals surface area contributed by atoms with Crippen molar-refractivity contribution in [1.29, 1.82) is 0 Å². The lowest BCUT2D eigenvalue weighted by molar-refractivity contribution is -0.116. The summed E-state index contributed by atoms with van der Waals surface area (Å²) < 4.78 is 20.2. The predicted octanol–water partition coefficient (Wildman–Crippen LogP) is 5.73. The molecule has 2 aliphatic rings. The smallest absolute Gasteiger partial charge is 0.233 e. The number of anilines is 1. The van der Waals surface area contributed by atoms with Crippen LogP contribution < -0.4 is 5.32 Å². The van der Waals surface area contributed by atoms with Gasteiger partial charge < -0.3 is 9.84 Å². The summed E-state index contributed by atoms with van der Waals surface area (Å²) >= 11 is 6.01. The average Bonchev–Trinajstić information content (AvgIpc) is 3.08. The third kappa shape index (κ3) is 2.97. The number of carbonyl (C=O) groups excluding carboxylic acids is 1. The molecule has 1 aromatic heterocycles. The highest BCUT2D eigenvalue weighted by Gasteiger charge is 2.41. The summed E-state index contributed by atoms with van der Waals surface area (Å²) in [6, 6.07) is 14.1. The molecule has 0 saturated heterocycles. The molecule has 0 fully saturated rings. The Morgan fingerprint density at radius 3 is 2.66 bits per heavy atom. The summed E-state index contributed by atoms with van der Waals surface area (Å²) in [6.07, 6.45) is 1.000. The van der Waals surface area contributed by atoms with Crippen LogP contribution in [0.5, 0.6) is 0 Å². The lowest BCUT2D eigenvalue weighted by atomic mass is 9.72. The van der Waals surface area contributed by atoms with Gasteiger partial charge in [0.05, 0.1) is 11.3 Å². The molecule has 2 aromatic carbocycles. The predicted molar refractivity (Wildman–Crippen MR) is 109 cm³/mol. The van der Waals surface area contributed by atoms with E-state index in [-0.39, 0.29) is 17.5 Å². The minimum absolute atomic E-state index is 0.0122. The van der Waals surface area contributed by atoms with E-state index < -0.39 is 5.92 Å². The maximum atomic E-state index is 14.8. The summed E-state index contributed by atoms with van der Waals surface area (Å²) in [5.74, 6) is -0.340. The molecule has 4 nitrogen and oxygen atoms in total. The summed E-state index contributed by atoms with van der Waals surface area (Å²) in [7, 11) is 0. The second-order valence-corrected chi connectivity index (χ2v) is 8.00. The van der Waals surface area contributed by atoms with Crippen molar-refractivity contribution >= 4 is 23.3 Å². The third-order valence-corrected chi connectivity index (χ3v) is 6.07. The van der Waals surface area contributed by atoms with Crippen LogP contribution in [0.2, 0.25) is 5.02 Å². The number of halogens is 2. The van der Waals surface area contributed by atoms with Crippen LogP contribution in [0.25, 0.3) is 0 Å². The van der Waals surface area contributed by atoms with Gasteiger partial charge in [0, 0.05) is 34.2 Å². The maximum absolute atomic E-state index is 14.8. The molecular weight excluding hydrogens is 391 g/mol. The number of hydrogen-bond acceptors (Lipinski definition) is 4. The number of ketones is 1. The molecule has 0 bridgehead atoms. The maximum Gasteiger partial charge on any atom is 0.233 e. The third-order valence-electron chi connectivity index (χ3n) is 5.82. The second kappa shape index (κ2) is 6.85. The van der Waals surface area contributed by atoms with E-state index in [1.165, 1.54) is 6.07 Å². The Morgan fingerprint density at radius 1 is 1.14 bits per heavy atom. The van der Waals surface area contributed by atoms with Crippen LogP contribution in [0.3, 0.4) is 0 Å². The van der Waals surface area contributed by atoms with Crippen LogP contribution in [-0.2, 0) is 4.79 Å². The van der Waals surface area contributed by atoms with Gasteiger partial charge in [-0.05, 0) is 43.0 Å². The van der Waals surface area contributed by atoms with Crippen molar-refractivity contribution in [2.75, 3.05) is 5.32 Å². The first kappa shape index (κ1) is 18.1. The van der Waals surface area contributed by atoms with E-state index in [9.17, 15) is 9.18 Å². The topological polar surface area (TPSA) is 55.1 Å². The van der Waals surface area contributed by atoms with E-state index in [4.69, 9.17) is 16.1 Å². The monoisotopic (exact) mass is 408 g/mol. The minimum atomic E-state index is -0.521. The summed E-state index contributed by atoms with van der Waals surface area (Å²) in [5, 5.41) is 7.98. The fourth-order valence-electron chi connectivity index (χ4n) is 4.46. The van der Waals surface area contributed by atoms with Gasteiger partial charge in [0.15, 0.2) is 5.78 Å². The number of aryl methyl sites for hydroxylation is 1. The molecule has 2 atom stereocenters. The van der Waals surface area contributed by atoms with Gasteiger partial charge in [-0.25, -0.2) is 4.39 Å². The Kier molecular flexibility index (Phi) is 4.28. The first-order valence-corrected chi connectivity index (χ1v) is 9.90. The number of allylic oxidation sites excluding steroid dienone is 2. The van der Waals surface area contributed by atoms with Crippen LogP contribution in [0, 0.1) is 12.7 Å². The van der Waals surface area contributed by atoms with Crippen LogP contribution in [0.4, 0.5) is 10.3 Å². The molecule has 29 heavy (non-hydrogen) atoms. The molecule has 0 saturated carbocycles. The number of carbonyl (C=O) groups is 1. The van der Waals surface area contributed by atoms with Gasteiger partial charge in [0.2, 0.25) is 5.88 Å². The number of hydrogen-bond donors (Lipinski definition) is 1. The van der Waals surface area contributed by atoms with Crippen molar-refractivity contribution in [2.45, 2.75) is 31.6 Å². The van der Waals surface area contributed by atoms with Crippen LogP contribution in [0.15, 0.2) is 64.3 Å². The van der Waals surface area contributed by atoms with Gasteiger partial charge in [-0.15, -0.1) is 0 Å². The number of nitrogens with one attached hydrogen (secondary N) is 1. The van der Waals surface area contributed by atoms with E-state index in [2.05, 4.69) is 10.5 Å². The van der Waals surface area contributed by atoms with Crippen molar-refractivity contribution in [1.82, 2.24) is 5.16 Å². The van der Waals surface area contributed by atoms with Crippen molar-refractivity contribution in [3.05, 3.63) is 93.0 Å². The molecule has 0 amide bonds. The van der Waals surface area contributed by atoms with Crippen molar-refractivity contribution in [3.63, 3.8) is 0 Å². The molecule has 0 unspecified atom stereocenters. The zero-order chi connectivity index (χ0) is 20.1. The van der Waals surface area contributed by atoms with Crippen LogP contribution in [-0.4, -0.2) is 10.9 Å². The molecule has 1 aliphatic heterocycles. The standard InChI is InChI=1S/C23H18ClFN2O2/c1-12-20-21(16-4-2-3-5-17(16)25)22-18(26-23(20)29-27-12)10-14(11-19(22)28)13-6-8-15(24)9-7-13/h2-9,14,21,26H,10-11H2,1H3/t14-,21-/m0/s1. The van der Waals surface area contributed by atoms with Gasteiger partial charge in [-0.1, -0.05) is 47.1 Å². The summed E-state index contributed by atoms with van der Waals surface area (Å²) in [6.45, 7) is 1.81. The number of fused-ring (bicyclic) bond motifs is 1. The van der Waals surface area contributed by atoms with E-state index in [0.717, 1.165) is 16.8 Å². The van der Waals surface area contributed by atoms with E-state index in [1.54, 1.807) is 18.2 Å².